The fourth-order valence-electron chi connectivity index (χ4n) is 2.97. The summed E-state index contributed by atoms with van der Waals surface area (Å²) in [6.07, 6.45) is 0.855. The first kappa shape index (κ1) is 19.2. The molecule has 3 heteroatoms. The van der Waals surface area contributed by atoms with Gasteiger partial charge in [-0.05, 0) is 36.6 Å². The Morgan fingerprint density at radius 2 is 1.59 bits per heavy atom. The molecule has 3 aromatic carbocycles. The van der Waals surface area contributed by atoms with Crippen LogP contribution in [0.3, 0.4) is 0 Å². The Hall–Kier alpha value is -2.52. The summed E-state index contributed by atoms with van der Waals surface area (Å²) in [5, 5.41) is 3.21. The molecule has 2 nitrogen and oxygen atoms in total. The summed E-state index contributed by atoms with van der Waals surface area (Å²) in [4.78, 5) is 14.0. The molecule has 1 N–H and O–H groups in total. The summed E-state index contributed by atoms with van der Waals surface area (Å²) in [6.45, 7) is 4.17. The van der Waals surface area contributed by atoms with E-state index in [9.17, 15) is 4.79 Å². The van der Waals surface area contributed by atoms with Crippen molar-refractivity contribution in [1.29, 1.82) is 0 Å². The van der Waals surface area contributed by atoms with Crippen LogP contribution in [0.4, 0.5) is 0 Å². The molecule has 0 unspecified atom stereocenters. The van der Waals surface area contributed by atoms with Gasteiger partial charge in [0.05, 0.1) is 11.6 Å². The van der Waals surface area contributed by atoms with Crippen molar-refractivity contribution in [1.82, 2.24) is 5.32 Å². The van der Waals surface area contributed by atoms with Crippen LogP contribution < -0.4 is 5.32 Å². The number of carbonyl (C=O) groups excluding carboxylic acids is 1. The highest BCUT2D eigenvalue weighted by atomic mass is 32.2. The van der Waals surface area contributed by atoms with E-state index in [-0.39, 0.29) is 11.9 Å². The Morgan fingerprint density at radius 3 is 2.30 bits per heavy atom. The van der Waals surface area contributed by atoms with Crippen molar-refractivity contribution >= 4 is 17.7 Å². The van der Waals surface area contributed by atoms with Gasteiger partial charge in [-0.1, -0.05) is 79.2 Å². The summed E-state index contributed by atoms with van der Waals surface area (Å²) in [7, 11) is 0. The molecule has 1 atom stereocenters. The Balaban J connectivity index is 1.73. The van der Waals surface area contributed by atoms with E-state index in [4.69, 9.17) is 0 Å². The lowest BCUT2D eigenvalue weighted by Gasteiger charge is -2.19. The fraction of sp³-hybridized carbons (Fsp3) is 0.208. The van der Waals surface area contributed by atoms with Crippen molar-refractivity contribution in [2.75, 3.05) is 0 Å². The van der Waals surface area contributed by atoms with Gasteiger partial charge in [-0.3, -0.25) is 4.79 Å². The van der Waals surface area contributed by atoms with Crippen LogP contribution in [-0.2, 0) is 5.75 Å². The highest BCUT2D eigenvalue weighted by molar-refractivity contribution is 7.98. The van der Waals surface area contributed by atoms with Crippen LogP contribution in [0.15, 0.2) is 83.8 Å². The van der Waals surface area contributed by atoms with E-state index >= 15 is 0 Å². The zero-order valence-corrected chi connectivity index (χ0v) is 16.6. The number of carbonyl (C=O) groups is 1. The van der Waals surface area contributed by atoms with Gasteiger partial charge in [-0.15, -0.1) is 11.8 Å². The van der Waals surface area contributed by atoms with Crippen LogP contribution in [0.2, 0.25) is 0 Å². The van der Waals surface area contributed by atoms with Crippen molar-refractivity contribution in [3.05, 3.63) is 101 Å². The van der Waals surface area contributed by atoms with Gasteiger partial charge in [0, 0.05) is 10.6 Å². The van der Waals surface area contributed by atoms with E-state index in [1.807, 2.05) is 42.5 Å². The SMILES string of the molecule is CC[C@H](NC(=O)c1ccccc1SCc1ccccc1)c1ccc(C)cc1. The maximum Gasteiger partial charge on any atom is 0.252 e. The van der Waals surface area contributed by atoms with Crippen molar-refractivity contribution in [3.63, 3.8) is 0 Å². The topological polar surface area (TPSA) is 29.1 Å². The summed E-state index contributed by atoms with van der Waals surface area (Å²) >= 11 is 1.70. The average Bonchev–Trinajstić information content (AvgIpc) is 2.72. The second-order valence-corrected chi connectivity index (χ2v) is 7.63. The molecule has 0 saturated heterocycles. The van der Waals surface area contributed by atoms with Crippen LogP contribution in [0.5, 0.6) is 0 Å². The van der Waals surface area contributed by atoms with Gasteiger partial charge < -0.3 is 5.32 Å². The molecule has 0 aromatic heterocycles. The summed E-state index contributed by atoms with van der Waals surface area (Å²) < 4.78 is 0. The van der Waals surface area contributed by atoms with Crippen molar-refractivity contribution < 1.29 is 4.79 Å². The molecule has 0 aliphatic carbocycles. The molecule has 3 aromatic rings. The predicted molar refractivity (Wildman–Crippen MR) is 114 cm³/mol. The maximum atomic E-state index is 13.0. The van der Waals surface area contributed by atoms with Gasteiger partial charge in [0.15, 0.2) is 0 Å². The first-order valence-electron chi connectivity index (χ1n) is 9.30. The van der Waals surface area contributed by atoms with E-state index in [1.54, 1.807) is 11.8 Å². The Kier molecular flexibility index (Phi) is 6.72. The molecule has 27 heavy (non-hydrogen) atoms. The molecule has 0 fully saturated rings. The minimum atomic E-state index is -0.0152. The quantitative estimate of drug-likeness (QED) is 0.500. The molecule has 0 aliphatic heterocycles. The Morgan fingerprint density at radius 1 is 0.926 bits per heavy atom. The first-order chi connectivity index (χ1) is 13.2. The van der Waals surface area contributed by atoms with Gasteiger partial charge in [0.25, 0.3) is 5.91 Å². The van der Waals surface area contributed by atoms with Gasteiger partial charge in [0.2, 0.25) is 0 Å². The monoisotopic (exact) mass is 375 g/mol. The number of hydrogen-bond donors (Lipinski definition) is 1. The van der Waals surface area contributed by atoms with Crippen LogP contribution in [-0.4, -0.2) is 5.91 Å². The van der Waals surface area contributed by atoms with E-state index in [2.05, 4.69) is 55.6 Å². The largest absolute Gasteiger partial charge is 0.345 e. The summed E-state index contributed by atoms with van der Waals surface area (Å²) in [5.74, 6) is 0.832. The number of aryl methyl sites for hydroxylation is 1. The second kappa shape index (κ2) is 9.43. The van der Waals surface area contributed by atoms with Gasteiger partial charge in [-0.2, -0.15) is 0 Å². The average molecular weight is 376 g/mol. The van der Waals surface area contributed by atoms with Crippen molar-refractivity contribution in [3.8, 4) is 0 Å². The maximum absolute atomic E-state index is 13.0. The molecule has 0 aliphatic rings. The minimum Gasteiger partial charge on any atom is -0.345 e. The van der Waals surface area contributed by atoms with Gasteiger partial charge in [-0.25, -0.2) is 0 Å². The number of amides is 1. The van der Waals surface area contributed by atoms with E-state index < -0.39 is 0 Å². The molecule has 0 saturated carbocycles. The molecule has 138 valence electrons. The zero-order valence-electron chi connectivity index (χ0n) is 15.8. The predicted octanol–water partition coefficient (Wildman–Crippen LogP) is 6.17. The highest BCUT2D eigenvalue weighted by Crippen LogP contribution is 2.27. The summed E-state index contributed by atoms with van der Waals surface area (Å²) in [6, 6.07) is 26.6. The van der Waals surface area contributed by atoms with Crippen LogP contribution in [0.25, 0.3) is 0 Å². The molecule has 0 heterocycles. The lowest BCUT2D eigenvalue weighted by Crippen LogP contribution is -2.28. The van der Waals surface area contributed by atoms with Gasteiger partial charge in [0.1, 0.15) is 0 Å². The lowest BCUT2D eigenvalue weighted by molar-refractivity contribution is 0.0932. The third kappa shape index (κ3) is 5.24. The third-order valence-corrected chi connectivity index (χ3v) is 5.71. The van der Waals surface area contributed by atoms with E-state index in [1.165, 1.54) is 11.1 Å². The van der Waals surface area contributed by atoms with E-state index in [0.29, 0.717) is 0 Å². The standard InChI is InChI=1S/C24H25NOS/c1-3-22(20-15-13-18(2)14-16-20)25-24(26)21-11-7-8-12-23(21)27-17-19-9-5-4-6-10-19/h4-16,22H,3,17H2,1-2H3,(H,25,26)/t22-/m0/s1. The fourth-order valence-corrected chi connectivity index (χ4v) is 3.98. The smallest absolute Gasteiger partial charge is 0.252 e. The molecule has 3 rings (SSSR count). The van der Waals surface area contributed by atoms with Crippen LogP contribution in [0, 0.1) is 6.92 Å². The molecule has 0 spiro atoms. The molecular formula is C24H25NOS. The number of nitrogens with one attached hydrogen (secondary N) is 1. The number of thioether (sulfide) groups is 1. The third-order valence-electron chi connectivity index (χ3n) is 4.56. The lowest BCUT2D eigenvalue weighted by atomic mass is 10.0. The Labute approximate surface area is 166 Å². The molecule has 0 radical (unpaired) electrons. The second-order valence-electron chi connectivity index (χ2n) is 6.62. The van der Waals surface area contributed by atoms with Crippen LogP contribution >= 0.6 is 11.8 Å². The molecular weight excluding hydrogens is 350 g/mol. The highest BCUT2D eigenvalue weighted by Gasteiger charge is 2.16. The number of hydrogen-bond acceptors (Lipinski definition) is 2. The van der Waals surface area contributed by atoms with E-state index in [0.717, 1.165) is 28.2 Å². The van der Waals surface area contributed by atoms with Crippen molar-refractivity contribution in [2.45, 2.75) is 37.0 Å². The number of benzene rings is 3. The van der Waals surface area contributed by atoms with Crippen LogP contribution in [0.1, 0.15) is 46.4 Å². The Bertz CT molecular complexity index is 874. The zero-order chi connectivity index (χ0) is 19.1. The molecule has 0 bridgehead atoms. The van der Waals surface area contributed by atoms with Gasteiger partial charge >= 0.3 is 0 Å². The molecule has 1 amide bonds. The van der Waals surface area contributed by atoms with Crippen molar-refractivity contribution in [2.24, 2.45) is 0 Å². The summed E-state index contributed by atoms with van der Waals surface area (Å²) in [5.41, 5.74) is 4.36. The minimum absolute atomic E-state index is 0.0152. The normalized spacial score (nSPS) is 11.8. The number of rotatable bonds is 7. The first-order valence-corrected chi connectivity index (χ1v) is 10.3.